The number of hydrogen-bond acceptors (Lipinski definition) is 3. The second kappa shape index (κ2) is 6.49. The van der Waals surface area contributed by atoms with E-state index in [-0.39, 0.29) is 0 Å². The fourth-order valence-electron chi connectivity index (χ4n) is 4.93. The van der Waals surface area contributed by atoms with Crippen molar-refractivity contribution in [2.75, 3.05) is 7.05 Å². The van der Waals surface area contributed by atoms with Crippen LogP contribution in [0.25, 0.3) is 10.2 Å². The lowest BCUT2D eigenvalue weighted by molar-refractivity contribution is 0.137. The van der Waals surface area contributed by atoms with Gasteiger partial charge in [-0.05, 0) is 62.1 Å². The van der Waals surface area contributed by atoms with Crippen molar-refractivity contribution in [3.8, 4) is 0 Å². The van der Waals surface area contributed by atoms with Crippen LogP contribution in [0.5, 0.6) is 0 Å². The van der Waals surface area contributed by atoms with Crippen molar-refractivity contribution >= 4 is 44.8 Å². The summed E-state index contributed by atoms with van der Waals surface area (Å²) in [6.45, 7) is 0. The summed E-state index contributed by atoms with van der Waals surface area (Å²) in [5, 5.41) is 2.78. The Morgan fingerprint density at radius 1 is 1.08 bits per heavy atom. The van der Waals surface area contributed by atoms with Crippen LogP contribution in [0.3, 0.4) is 0 Å². The molecule has 2 fully saturated rings. The van der Waals surface area contributed by atoms with E-state index in [1.165, 1.54) is 34.5 Å². The minimum Gasteiger partial charge on any atom is -0.300 e. The maximum atomic E-state index is 6.41. The van der Waals surface area contributed by atoms with Crippen molar-refractivity contribution < 1.29 is 0 Å². The molecule has 2 aliphatic heterocycles. The third-order valence-corrected chi connectivity index (χ3v) is 7.92. The van der Waals surface area contributed by atoms with E-state index >= 15 is 0 Å². The Labute approximate surface area is 167 Å². The molecule has 5 rings (SSSR count). The topological polar surface area (TPSA) is 16.1 Å². The summed E-state index contributed by atoms with van der Waals surface area (Å²) in [7, 11) is 2.29. The Morgan fingerprint density at radius 3 is 2.65 bits per heavy atom. The Balaban J connectivity index is 1.63. The Kier molecular flexibility index (Phi) is 4.24. The molecule has 2 bridgehead atoms. The molecule has 3 heterocycles. The van der Waals surface area contributed by atoms with E-state index in [0.29, 0.717) is 23.9 Å². The quantitative estimate of drug-likeness (QED) is 0.497. The highest BCUT2D eigenvalue weighted by Gasteiger charge is 2.47. The summed E-state index contributed by atoms with van der Waals surface area (Å²) in [5.74, 6) is 0.897. The van der Waals surface area contributed by atoms with Crippen molar-refractivity contribution in [2.45, 2.75) is 43.2 Å². The van der Waals surface area contributed by atoms with Gasteiger partial charge in [0.25, 0.3) is 0 Å². The summed E-state index contributed by atoms with van der Waals surface area (Å²) in [6, 6.07) is 15.7. The molecule has 134 valence electrons. The van der Waals surface area contributed by atoms with E-state index in [1.54, 1.807) is 0 Å². The number of rotatable bonds is 2. The second-order valence-corrected chi connectivity index (χ2v) is 9.43. The van der Waals surface area contributed by atoms with Gasteiger partial charge in [-0.3, -0.25) is 4.90 Å². The van der Waals surface area contributed by atoms with Crippen molar-refractivity contribution in [1.82, 2.24) is 9.88 Å². The lowest BCUT2D eigenvalue weighted by Gasteiger charge is -2.42. The van der Waals surface area contributed by atoms with Gasteiger partial charge in [-0.1, -0.05) is 41.4 Å². The van der Waals surface area contributed by atoms with Gasteiger partial charge >= 0.3 is 0 Å². The lowest BCUT2D eigenvalue weighted by atomic mass is 9.76. The molecule has 2 aliphatic rings. The fourth-order valence-corrected chi connectivity index (χ4v) is 6.55. The summed E-state index contributed by atoms with van der Waals surface area (Å²) in [4.78, 5) is 7.60. The second-order valence-electron chi connectivity index (χ2n) is 7.52. The molecule has 0 saturated carbocycles. The van der Waals surface area contributed by atoms with E-state index < -0.39 is 0 Å². The molecular formula is C21H20Cl2N2S. The van der Waals surface area contributed by atoms with Crippen molar-refractivity contribution in [2.24, 2.45) is 0 Å². The molecule has 0 amide bonds. The Morgan fingerprint density at radius 2 is 1.88 bits per heavy atom. The number of aromatic nitrogens is 1. The largest absolute Gasteiger partial charge is 0.300 e. The van der Waals surface area contributed by atoms with Crippen LogP contribution in [0.2, 0.25) is 10.0 Å². The smallest absolute Gasteiger partial charge is 0.100 e. The zero-order valence-corrected chi connectivity index (χ0v) is 16.9. The van der Waals surface area contributed by atoms with Gasteiger partial charge < -0.3 is 0 Å². The molecule has 5 heteroatoms. The summed E-state index contributed by atoms with van der Waals surface area (Å²) in [6.07, 6.45) is 3.72. The first kappa shape index (κ1) is 17.0. The van der Waals surface area contributed by atoms with Crippen molar-refractivity contribution in [3.63, 3.8) is 0 Å². The number of para-hydroxylation sites is 1. The summed E-state index contributed by atoms with van der Waals surface area (Å²) >= 11 is 14.4. The molecule has 1 aromatic heterocycles. The van der Waals surface area contributed by atoms with Gasteiger partial charge in [-0.25, -0.2) is 4.98 Å². The van der Waals surface area contributed by atoms with Crippen LogP contribution in [0, 0.1) is 0 Å². The number of halogens is 2. The minimum atomic E-state index is 0.411. The van der Waals surface area contributed by atoms with Gasteiger partial charge in [0.2, 0.25) is 0 Å². The molecule has 2 saturated heterocycles. The number of benzene rings is 2. The van der Waals surface area contributed by atoms with Crippen molar-refractivity contribution in [1.29, 1.82) is 0 Å². The molecule has 3 aromatic rings. The van der Waals surface area contributed by atoms with Crippen LogP contribution in [0.15, 0.2) is 42.5 Å². The Hall–Kier alpha value is -1.13. The number of hydrogen-bond donors (Lipinski definition) is 0. The highest BCUT2D eigenvalue weighted by Crippen LogP contribution is 2.52. The third-order valence-electron chi connectivity index (χ3n) is 6.24. The molecule has 0 spiro atoms. The van der Waals surface area contributed by atoms with E-state index in [4.69, 9.17) is 28.2 Å². The number of likely N-dealkylation sites (N-methyl/N-ethyl adjacent to an activating group) is 1. The van der Waals surface area contributed by atoms with Gasteiger partial charge in [0.05, 0.1) is 14.7 Å². The van der Waals surface area contributed by atoms with Gasteiger partial charge in [0.15, 0.2) is 0 Å². The highest BCUT2D eigenvalue weighted by molar-refractivity contribution is 7.18. The first-order valence-corrected chi connectivity index (χ1v) is 10.7. The number of thiazole rings is 1. The normalized spacial score (nSPS) is 28.7. The first-order chi connectivity index (χ1) is 12.6. The molecule has 0 aliphatic carbocycles. The molecular weight excluding hydrogens is 383 g/mol. The van der Waals surface area contributed by atoms with Gasteiger partial charge in [-0.2, -0.15) is 0 Å². The molecule has 0 radical (unpaired) electrons. The monoisotopic (exact) mass is 402 g/mol. The highest BCUT2D eigenvalue weighted by atomic mass is 35.5. The predicted octanol–water partition coefficient (Wildman–Crippen LogP) is 6.34. The van der Waals surface area contributed by atoms with Crippen LogP contribution >= 0.6 is 34.5 Å². The molecule has 2 aromatic carbocycles. The zero-order valence-electron chi connectivity index (χ0n) is 14.5. The summed E-state index contributed by atoms with van der Waals surface area (Å²) < 4.78 is 1.19. The zero-order chi connectivity index (χ0) is 17.8. The van der Waals surface area contributed by atoms with Crippen LogP contribution in [-0.2, 0) is 0 Å². The molecule has 0 N–H and O–H groups in total. The standard InChI is InChI=1S/C21H20Cl2N2S/c1-25-14-9-10-17(25)19(15(11-14)12-5-7-13(22)8-6-12)21-24-20-16(23)3-2-4-18(20)26-21/h2-8,14-15,17,19H,9-11H2,1H3/t14-,15?,17?,19+/m1/s1. The number of fused-ring (bicyclic) bond motifs is 3. The molecule has 2 unspecified atom stereocenters. The lowest BCUT2D eigenvalue weighted by Crippen LogP contribution is -2.44. The van der Waals surface area contributed by atoms with E-state index in [9.17, 15) is 0 Å². The Bertz CT molecular complexity index is 952. The molecule has 2 nitrogen and oxygen atoms in total. The van der Waals surface area contributed by atoms with Gasteiger partial charge in [-0.15, -0.1) is 11.3 Å². The fraction of sp³-hybridized carbons (Fsp3) is 0.381. The first-order valence-electron chi connectivity index (χ1n) is 9.14. The van der Waals surface area contributed by atoms with Crippen LogP contribution in [0.1, 0.15) is 41.7 Å². The average Bonchev–Trinajstić information content (AvgIpc) is 3.15. The van der Waals surface area contributed by atoms with Crippen LogP contribution in [0.4, 0.5) is 0 Å². The average molecular weight is 403 g/mol. The number of piperidine rings is 1. The van der Waals surface area contributed by atoms with Gasteiger partial charge in [0.1, 0.15) is 5.52 Å². The predicted molar refractivity (Wildman–Crippen MR) is 111 cm³/mol. The minimum absolute atomic E-state index is 0.411. The van der Waals surface area contributed by atoms with E-state index in [1.807, 2.05) is 35.6 Å². The maximum Gasteiger partial charge on any atom is 0.100 e. The third kappa shape index (κ3) is 2.68. The van der Waals surface area contributed by atoms with Crippen molar-refractivity contribution in [3.05, 3.63) is 63.1 Å². The van der Waals surface area contributed by atoms with Gasteiger partial charge in [0, 0.05) is 23.0 Å². The SMILES string of the molecule is CN1C2CC[C@@H]1CC(c1ccc(Cl)cc1)[C@@H]2c1nc2c(Cl)cccc2s1. The maximum absolute atomic E-state index is 6.41. The van der Waals surface area contributed by atoms with E-state index in [0.717, 1.165) is 15.6 Å². The molecule has 4 atom stereocenters. The van der Waals surface area contributed by atoms with E-state index in [2.05, 4.69) is 30.1 Å². The summed E-state index contributed by atoms with van der Waals surface area (Å²) in [5.41, 5.74) is 2.33. The van der Waals surface area contributed by atoms with Crippen LogP contribution < -0.4 is 0 Å². The van der Waals surface area contributed by atoms with Crippen LogP contribution in [-0.4, -0.2) is 29.0 Å². The number of nitrogens with zero attached hydrogens (tertiary/aromatic N) is 2. The molecule has 26 heavy (non-hydrogen) atoms.